The lowest BCUT2D eigenvalue weighted by Gasteiger charge is -2.24. The van der Waals surface area contributed by atoms with Crippen molar-refractivity contribution >= 4 is 33.0 Å². The molecule has 2 rings (SSSR count). The Morgan fingerprint density at radius 1 is 1.18 bits per heavy atom. The number of halogens is 1. The second-order valence-electron chi connectivity index (χ2n) is 3.74. The quantitative estimate of drug-likeness (QED) is 0.916. The van der Waals surface area contributed by atoms with Gasteiger partial charge in [-0.25, -0.2) is 0 Å². The molecule has 0 atom stereocenters. The zero-order chi connectivity index (χ0) is 12.1. The van der Waals surface area contributed by atoms with Gasteiger partial charge in [-0.2, -0.15) is 0 Å². The highest BCUT2D eigenvalue weighted by Gasteiger charge is 2.09. The van der Waals surface area contributed by atoms with Gasteiger partial charge in [-0.3, -0.25) is 0 Å². The predicted octanol–water partition coefficient (Wildman–Crippen LogP) is 3.48. The molecule has 0 amide bonds. The fourth-order valence-corrected chi connectivity index (χ4v) is 2.99. The van der Waals surface area contributed by atoms with E-state index in [2.05, 4.69) is 56.5 Å². The van der Waals surface area contributed by atoms with Crippen molar-refractivity contribution in [1.29, 1.82) is 0 Å². The molecule has 0 radical (unpaired) electrons. The van der Waals surface area contributed by atoms with Crippen molar-refractivity contribution in [3.8, 4) is 0 Å². The van der Waals surface area contributed by atoms with Crippen LogP contribution in [0.15, 0.2) is 46.3 Å². The Balaban J connectivity index is 2.20. The van der Waals surface area contributed by atoms with E-state index in [4.69, 9.17) is 5.73 Å². The maximum Gasteiger partial charge on any atom is 0.0523 e. The SMILES string of the molecule is NCCN(Cc1cccs1)c1ccccc1Br. The molecular formula is C13H15BrN2S. The van der Waals surface area contributed by atoms with Crippen LogP contribution < -0.4 is 10.6 Å². The molecule has 90 valence electrons. The molecule has 0 bridgehead atoms. The molecule has 0 aliphatic rings. The van der Waals surface area contributed by atoms with Gasteiger partial charge in [0.1, 0.15) is 0 Å². The van der Waals surface area contributed by atoms with Crippen molar-refractivity contribution in [3.63, 3.8) is 0 Å². The minimum Gasteiger partial charge on any atom is -0.364 e. The maximum atomic E-state index is 5.69. The van der Waals surface area contributed by atoms with E-state index >= 15 is 0 Å². The summed E-state index contributed by atoms with van der Waals surface area (Å²) >= 11 is 5.37. The summed E-state index contributed by atoms with van der Waals surface area (Å²) in [6, 6.07) is 12.5. The zero-order valence-corrected chi connectivity index (χ0v) is 11.9. The Hall–Kier alpha value is -0.840. The standard InChI is InChI=1S/C13H15BrN2S/c14-12-5-1-2-6-13(12)16(8-7-15)10-11-4-3-9-17-11/h1-6,9H,7-8,10,15H2. The van der Waals surface area contributed by atoms with E-state index < -0.39 is 0 Å². The van der Waals surface area contributed by atoms with Gasteiger partial charge in [-0.15, -0.1) is 11.3 Å². The summed E-state index contributed by atoms with van der Waals surface area (Å²) in [5.74, 6) is 0. The van der Waals surface area contributed by atoms with Gasteiger partial charge in [0.25, 0.3) is 0 Å². The van der Waals surface area contributed by atoms with Gasteiger partial charge in [0.15, 0.2) is 0 Å². The average molecular weight is 311 g/mol. The van der Waals surface area contributed by atoms with Crippen molar-refractivity contribution in [1.82, 2.24) is 0 Å². The third kappa shape index (κ3) is 3.31. The van der Waals surface area contributed by atoms with Gasteiger partial charge >= 0.3 is 0 Å². The Kier molecular flexibility index (Phi) is 4.59. The van der Waals surface area contributed by atoms with Crippen LogP contribution in [-0.4, -0.2) is 13.1 Å². The number of benzene rings is 1. The molecule has 0 unspecified atom stereocenters. The molecule has 17 heavy (non-hydrogen) atoms. The molecular weight excluding hydrogens is 296 g/mol. The number of thiophene rings is 1. The number of nitrogens with zero attached hydrogens (tertiary/aromatic N) is 1. The number of para-hydroxylation sites is 1. The average Bonchev–Trinajstić information content (AvgIpc) is 2.82. The molecule has 0 saturated heterocycles. The summed E-state index contributed by atoms with van der Waals surface area (Å²) in [5.41, 5.74) is 6.89. The van der Waals surface area contributed by atoms with Gasteiger partial charge in [-0.1, -0.05) is 18.2 Å². The van der Waals surface area contributed by atoms with E-state index in [0.29, 0.717) is 6.54 Å². The third-order valence-corrected chi connectivity index (χ3v) is 4.05. The molecule has 2 nitrogen and oxygen atoms in total. The van der Waals surface area contributed by atoms with E-state index in [1.807, 2.05) is 6.07 Å². The van der Waals surface area contributed by atoms with Crippen LogP contribution in [0.3, 0.4) is 0 Å². The van der Waals surface area contributed by atoms with Crippen LogP contribution in [0.2, 0.25) is 0 Å². The number of nitrogens with two attached hydrogens (primary N) is 1. The van der Waals surface area contributed by atoms with Gasteiger partial charge in [0.2, 0.25) is 0 Å². The van der Waals surface area contributed by atoms with Crippen molar-refractivity contribution in [2.24, 2.45) is 5.73 Å². The van der Waals surface area contributed by atoms with Gasteiger partial charge in [0, 0.05) is 22.4 Å². The first-order valence-electron chi connectivity index (χ1n) is 5.53. The number of hydrogen-bond donors (Lipinski definition) is 1. The summed E-state index contributed by atoms with van der Waals surface area (Å²) in [6.45, 7) is 2.44. The first-order valence-corrected chi connectivity index (χ1v) is 7.20. The summed E-state index contributed by atoms with van der Waals surface area (Å²) in [7, 11) is 0. The monoisotopic (exact) mass is 310 g/mol. The normalized spacial score (nSPS) is 10.5. The molecule has 0 saturated carbocycles. The largest absolute Gasteiger partial charge is 0.364 e. The predicted molar refractivity (Wildman–Crippen MR) is 78.6 cm³/mol. The summed E-state index contributed by atoms with van der Waals surface area (Å²) in [4.78, 5) is 3.66. The molecule has 1 aromatic heterocycles. The molecule has 0 fully saturated rings. The summed E-state index contributed by atoms with van der Waals surface area (Å²) < 4.78 is 1.12. The summed E-state index contributed by atoms with van der Waals surface area (Å²) in [6.07, 6.45) is 0. The molecule has 0 aliphatic heterocycles. The second-order valence-corrected chi connectivity index (χ2v) is 5.63. The number of rotatable bonds is 5. The van der Waals surface area contributed by atoms with E-state index in [9.17, 15) is 0 Å². The van der Waals surface area contributed by atoms with Gasteiger partial charge in [-0.05, 0) is 39.5 Å². The molecule has 4 heteroatoms. The van der Waals surface area contributed by atoms with E-state index in [-0.39, 0.29) is 0 Å². The van der Waals surface area contributed by atoms with Crippen LogP contribution in [0.4, 0.5) is 5.69 Å². The fourth-order valence-electron chi connectivity index (χ4n) is 1.74. The van der Waals surface area contributed by atoms with Crippen molar-refractivity contribution in [2.45, 2.75) is 6.54 Å². The van der Waals surface area contributed by atoms with E-state index in [1.54, 1.807) is 11.3 Å². The number of anilines is 1. The molecule has 1 aromatic carbocycles. The van der Waals surface area contributed by atoms with E-state index in [0.717, 1.165) is 17.6 Å². The zero-order valence-electron chi connectivity index (χ0n) is 9.47. The maximum absolute atomic E-state index is 5.69. The van der Waals surface area contributed by atoms with Crippen molar-refractivity contribution in [3.05, 3.63) is 51.1 Å². The van der Waals surface area contributed by atoms with E-state index in [1.165, 1.54) is 10.6 Å². The highest BCUT2D eigenvalue weighted by atomic mass is 79.9. The summed E-state index contributed by atoms with van der Waals surface area (Å²) in [5, 5.41) is 2.11. The van der Waals surface area contributed by atoms with Crippen LogP contribution in [0.1, 0.15) is 4.88 Å². The lowest BCUT2D eigenvalue weighted by atomic mass is 10.2. The van der Waals surface area contributed by atoms with Gasteiger partial charge < -0.3 is 10.6 Å². The number of hydrogen-bond acceptors (Lipinski definition) is 3. The second kappa shape index (κ2) is 6.19. The Morgan fingerprint density at radius 3 is 2.65 bits per heavy atom. The fraction of sp³-hybridized carbons (Fsp3) is 0.231. The first-order chi connectivity index (χ1) is 8.31. The van der Waals surface area contributed by atoms with Crippen LogP contribution in [0.25, 0.3) is 0 Å². The highest BCUT2D eigenvalue weighted by molar-refractivity contribution is 9.10. The van der Waals surface area contributed by atoms with Crippen LogP contribution >= 0.6 is 27.3 Å². The smallest absolute Gasteiger partial charge is 0.0523 e. The molecule has 2 aromatic rings. The van der Waals surface area contributed by atoms with Crippen molar-refractivity contribution in [2.75, 3.05) is 18.0 Å². The van der Waals surface area contributed by atoms with Crippen molar-refractivity contribution < 1.29 is 0 Å². The molecule has 0 aliphatic carbocycles. The van der Waals surface area contributed by atoms with Crippen LogP contribution in [-0.2, 0) is 6.54 Å². The minimum atomic E-state index is 0.659. The highest BCUT2D eigenvalue weighted by Crippen LogP contribution is 2.27. The van der Waals surface area contributed by atoms with Crippen LogP contribution in [0.5, 0.6) is 0 Å². The Labute approximate surface area is 114 Å². The topological polar surface area (TPSA) is 29.3 Å². The van der Waals surface area contributed by atoms with Gasteiger partial charge in [0.05, 0.1) is 12.2 Å². The molecule has 1 heterocycles. The lowest BCUT2D eigenvalue weighted by Crippen LogP contribution is -2.28. The first kappa shape index (κ1) is 12.6. The minimum absolute atomic E-state index is 0.659. The lowest BCUT2D eigenvalue weighted by molar-refractivity contribution is 0.796. The molecule has 0 spiro atoms. The Bertz CT molecular complexity index is 456. The molecule has 2 N–H and O–H groups in total. The van der Waals surface area contributed by atoms with Crippen LogP contribution in [0, 0.1) is 0 Å². The Morgan fingerprint density at radius 2 is 2.00 bits per heavy atom. The third-order valence-electron chi connectivity index (χ3n) is 2.52.